The number of halogens is 1. The number of aliphatic carboxylic acids is 1. The van der Waals surface area contributed by atoms with Gasteiger partial charge in [-0.05, 0) is 98.1 Å². The van der Waals surface area contributed by atoms with Gasteiger partial charge in [0.25, 0.3) is 0 Å². The Morgan fingerprint density at radius 2 is 1.24 bits per heavy atom. The number of nitrogens with one attached hydrogen (secondary N) is 3. The van der Waals surface area contributed by atoms with Crippen LogP contribution in [0.4, 0.5) is 14.6 Å². The summed E-state index contributed by atoms with van der Waals surface area (Å²) in [6.45, 7) is 17.8. The molecule has 2 aromatic rings. The van der Waals surface area contributed by atoms with Crippen molar-refractivity contribution in [2.45, 2.75) is 92.5 Å². The molecule has 14 nitrogen and oxygen atoms in total. The van der Waals surface area contributed by atoms with Crippen LogP contribution in [0.3, 0.4) is 0 Å². The van der Waals surface area contributed by atoms with Gasteiger partial charge in [0.05, 0.1) is 18.8 Å². The number of benzene rings is 1. The lowest BCUT2D eigenvalue weighted by molar-refractivity contribution is -0.140. The van der Waals surface area contributed by atoms with Crippen molar-refractivity contribution in [3.05, 3.63) is 50.9 Å². The minimum absolute atomic E-state index is 0.0606. The van der Waals surface area contributed by atoms with Gasteiger partial charge in [-0.2, -0.15) is 0 Å². The smallest absolute Gasteiger partial charge is 0.408 e. The molecule has 0 aliphatic carbocycles. The van der Waals surface area contributed by atoms with Gasteiger partial charge < -0.3 is 44.6 Å². The molecule has 1 aromatic heterocycles. The number of ketones is 1. The van der Waals surface area contributed by atoms with Gasteiger partial charge in [0.2, 0.25) is 5.91 Å². The number of hydrogen-bond donors (Lipinski definition) is 6. The molecule has 5 N–H and O–H groups in total. The first-order chi connectivity index (χ1) is 23.2. The van der Waals surface area contributed by atoms with Crippen LogP contribution in [0.15, 0.2) is 24.3 Å². The lowest BCUT2D eigenvalue weighted by atomic mass is 10.0. The fraction of sp³-hybridized carbons (Fsp3) is 0.545. The Kier molecular flexibility index (Phi) is 23.3. The van der Waals surface area contributed by atoms with Crippen molar-refractivity contribution in [1.29, 1.82) is 0 Å². The third kappa shape index (κ3) is 19.1. The van der Waals surface area contributed by atoms with Crippen molar-refractivity contribution in [2.24, 2.45) is 0 Å². The first-order valence-electron chi connectivity index (χ1n) is 15.3. The van der Waals surface area contributed by atoms with Crippen molar-refractivity contribution in [3.63, 3.8) is 0 Å². The van der Waals surface area contributed by atoms with Crippen LogP contribution in [0.5, 0.6) is 0 Å². The van der Waals surface area contributed by atoms with E-state index < -0.39 is 47.3 Å². The van der Waals surface area contributed by atoms with Crippen LogP contribution in [-0.2, 0) is 28.5 Å². The Hall–Kier alpha value is -3.41. The molecule has 0 bridgehead atoms. The molecule has 0 saturated heterocycles. The van der Waals surface area contributed by atoms with Crippen LogP contribution in [0.1, 0.15) is 81.8 Å². The Morgan fingerprint density at radius 3 is 1.64 bits per heavy atom. The Bertz CT molecular complexity index is 1370. The number of carboxylic acids is 1. The number of methoxy groups -OCH3 is 2. The third-order valence-corrected chi connectivity index (χ3v) is 6.99. The molecular weight excluding hydrogens is 714 g/mol. The van der Waals surface area contributed by atoms with Crippen molar-refractivity contribution in [2.75, 3.05) is 32.8 Å². The van der Waals surface area contributed by atoms with E-state index in [1.807, 2.05) is 27.7 Å². The Labute approximate surface area is 309 Å². The van der Waals surface area contributed by atoms with Gasteiger partial charge in [-0.25, -0.2) is 14.4 Å². The average molecular weight is 766 g/mol. The normalized spacial score (nSPS) is 11.7. The molecule has 3 amide bonds. The zero-order chi connectivity index (χ0) is 39.4. The summed E-state index contributed by atoms with van der Waals surface area (Å²) in [5.41, 5.74) is 0.287. The van der Waals surface area contributed by atoms with E-state index in [1.54, 1.807) is 65.8 Å². The van der Waals surface area contributed by atoms with Gasteiger partial charge in [0.1, 0.15) is 22.2 Å². The lowest BCUT2D eigenvalue weighted by Crippen LogP contribution is -2.48. The maximum atomic E-state index is 13.1. The average Bonchev–Trinajstić information content (AvgIpc) is 3.29. The summed E-state index contributed by atoms with van der Waals surface area (Å²) in [5.74, 6) is -1.90. The number of hydrogen-bond acceptors (Lipinski definition) is 12. The number of carbonyl (C=O) groups excluding carboxylic acids is 4. The monoisotopic (exact) mass is 765 g/mol. The number of anilines is 1. The first-order valence-corrected chi connectivity index (χ1v) is 16.9. The number of aryl methyl sites for hydroxylation is 1. The van der Waals surface area contributed by atoms with Crippen molar-refractivity contribution in [1.82, 2.24) is 10.6 Å². The van der Waals surface area contributed by atoms with Crippen LogP contribution in [0.2, 0.25) is 5.02 Å². The number of ether oxygens (including phenoxy) is 4. The summed E-state index contributed by atoms with van der Waals surface area (Å²) in [4.78, 5) is 60.9. The highest BCUT2D eigenvalue weighted by molar-refractivity contribution is 7.74. The van der Waals surface area contributed by atoms with Crippen LogP contribution >= 0.6 is 35.8 Å². The predicted octanol–water partition coefficient (Wildman–Crippen LogP) is 6.75. The standard InChI is InChI=1S/C22H27ClN2O5S.C9H17NO5.C2H6.H2OS/c1-12-13(2)31-20(17(12)18(26)14-7-9-15(23)10-8-14)25-19(27)16(11-29-6)24-21(28)30-22(3,4)5;1-9(2,3)15-8(13)10-6(5-14-4)7(11)12;2*1-2/h7-10,16H,11H2,1-6H3,(H,24,28)(H,25,27);6H,5H2,1-4H3,(H,10,13)(H,11,12);1-2H3;1-2H. The molecule has 50 heavy (non-hydrogen) atoms. The molecule has 284 valence electrons. The van der Waals surface area contributed by atoms with Gasteiger partial charge >= 0.3 is 18.2 Å². The van der Waals surface area contributed by atoms with Crippen molar-refractivity contribution in [3.8, 4) is 0 Å². The molecule has 0 aliphatic rings. The number of carboxylic acid groups (broad SMARTS) is 1. The highest BCUT2D eigenvalue weighted by Crippen LogP contribution is 2.34. The molecule has 1 aromatic carbocycles. The number of amides is 3. The third-order valence-electron chi connectivity index (χ3n) is 5.62. The Balaban J connectivity index is 0. The van der Waals surface area contributed by atoms with Gasteiger partial charge in [-0.1, -0.05) is 25.4 Å². The number of thiol groups is 1. The fourth-order valence-electron chi connectivity index (χ4n) is 3.52. The highest BCUT2D eigenvalue weighted by atomic mass is 35.5. The van der Waals surface area contributed by atoms with Crippen LogP contribution in [0.25, 0.3) is 0 Å². The van der Waals surface area contributed by atoms with E-state index in [2.05, 4.69) is 33.6 Å². The van der Waals surface area contributed by atoms with Crippen LogP contribution in [-0.4, -0.2) is 90.2 Å². The first kappa shape index (κ1) is 48.7. The molecule has 0 fully saturated rings. The maximum absolute atomic E-state index is 13.1. The topological polar surface area (TPSA) is 199 Å². The minimum atomic E-state index is -1.16. The summed E-state index contributed by atoms with van der Waals surface area (Å²) >= 11 is 9.75. The molecular formula is C33H52ClN3O11S2. The molecule has 17 heteroatoms. The summed E-state index contributed by atoms with van der Waals surface area (Å²) in [7, 11) is 2.78. The van der Waals surface area contributed by atoms with Crippen molar-refractivity contribution >= 4 is 70.7 Å². The molecule has 2 rings (SSSR count). The molecule has 2 atom stereocenters. The summed E-state index contributed by atoms with van der Waals surface area (Å²) in [5, 5.41) is 17.1. The second-order valence-corrected chi connectivity index (χ2v) is 13.6. The minimum Gasteiger partial charge on any atom is -0.480 e. The molecule has 0 radical (unpaired) electrons. The largest absolute Gasteiger partial charge is 0.480 e. The second kappa shape index (κ2) is 23.9. The number of rotatable bonds is 11. The molecule has 1 heterocycles. The van der Waals surface area contributed by atoms with Gasteiger partial charge in [0.15, 0.2) is 11.8 Å². The van der Waals surface area contributed by atoms with Gasteiger partial charge in [0, 0.05) is 29.7 Å². The molecule has 0 aliphatic heterocycles. The SMILES string of the molecule is CC.COCC(NC(=O)OC(C)(C)C)C(=O)Nc1sc(C)c(C)c1C(=O)c1ccc(Cl)cc1.COCC(NC(=O)OC(C)(C)C)C(=O)O.OS. The Morgan fingerprint density at radius 1 is 0.820 bits per heavy atom. The molecule has 0 spiro atoms. The summed E-state index contributed by atoms with van der Waals surface area (Å²) in [6.07, 6.45) is -1.51. The predicted molar refractivity (Wildman–Crippen MR) is 198 cm³/mol. The van der Waals surface area contributed by atoms with E-state index in [0.29, 0.717) is 21.2 Å². The van der Waals surface area contributed by atoms with E-state index in [4.69, 9.17) is 35.5 Å². The molecule has 0 saturated carbocycles. The zero-order valence-electron chi connectivity index (χ0n) is 30.7. The highest BCUT2D eigenvalue weighted by Gasteiger charge is 2.28. The van der Waals surface area contributed by atoms with Crippen LogP contribution in [0, 0.1) is 13.8 Å². The van der Waals surface area contributed by atoms with Gasteiger partial charge in [-0.3, -0.25) is 9.59 Å². The fourth-order valence-corrected chi connectivity index (χ4v) is 4.71. The van der Waals surface area contributed by atoms with Crippen LogP contribution < -0.4 is 16.0 Å². The van der Waals surface area contributed by atoms with E-state index >= 15 is 0 Å². The van der Waals surface area contributed by atoms with E-state index in [9.17, 15) is 24.0 Å². The van der Waals surface area contributed by atoms with E-state index in [-0.39, 0.29) is 19.0 Å². The molecule has 2 unspecified atom stereocenters. The van der Waals surface area contributed by atoms with Gasteiger partial charge in [-0.15, -0.1) is 11.3 Å². The van der Waals surface area contributed by atoms with Crippen molar-refractivity contribution < 1.29 is 52.6 Å². The number of carbonyl (C=O) groups is 5. The summed E-state index contributed by atoms with van der Waals surface area (Å²) in [6, 6.07) is 4.47. The summed E-state index contributed by atoms with van der Waals surface area (Å²) < 4.78 is 26.5. The number of thiophene rings is 1. The number of alkyl carbamates (subject to hydrolysis) is 2. The van der Waals surface area contributed by atoms with E-state index in [0.717, 1.165) is 10.4 Å². The van der Waals surface area contributed by atoms with E-state index in [1.165, 1.54) is 25.6 Å². The lowest BCUT2D eigenvalue weighted by Gasteiger charge is -2.23. The second-order valence-electron chi connectivity index (χ2n) is 12.0. The maximum Gasteiger partial charge on any atom is 0.408 e. The quantitative estimate of drug-likeness (QED) is 0.0803. The zero-order valence-corrected chi connectivity index (χ0v) is 33.1.